The van der Waals surface area contributed by atoms with Gasteiger partial charge in [-0.05, 0) is 53.5 Å². The van der Waals surface area contributed by atoms with Crippen LogP contribution in [0.3, 0.4) is 0 Å². The third kappa shape index (κ3) is 3.38. The van der Waals surface area contributed by atoms with E-state index in [0.717, 1.165) is 0 Å². The molecule has 0 amide bonds. The molecule has 0 aliphatic rings. The van der Waals surface area contributed by atoms with Gasteiger partial charge in [0.05, 0.1) is 10.6 Å². The van der Waals surface area contributed by atoms with Crippen LogP contribution in [0.1, 0.15) is 31.1 Å². The lowest BCUT2D eigenvalue weighted by atomic mass is 10.0. The summed E-state index contributed by atoms with van der Waals surface area (Å²) in [6.07, 6.45) is -0.919. The molecule has 0 spiro atoms. The molecule has 2 nitrogen and oxygen atoms in total. The van der Waals surface area contributed by atoms with Crippen molar-refractivity contribution in [2.45, 2.75) is 26.1 Å². The van der Waals surface area contributed by atoms with E-state index in [9.17, 15) is 9.50 Å². The Morgan fingerprint density at radius 3 is 2.50 bits per heavy atom. The number of para-hydroxylation sites is 1. The highest BCUT2D eigenvalue weighted by atomic mass is 79.9. The number of aliphatic hydroxyl groups is 1. The number of aliphatic hydroxyl groups excluding tert-OH is 1. The maximum absolute atomic E-state index is 13.6. The Hall–Kier alpha value is -1.39. The smallest absolute Gasteiger partial charge is 0.137 e. The van der Waals surface area contributed by atoms with Crippen LogP contribution in [0, 0.1) is 5.82 Å². The van der Waals surface area contributed by atoms with Gasteiger partial charge in [0.1, 0.15) is 17.7 Å². The first-order chi connectivity index (χ1) is 9.49. The van der Waals surface area contributed by atoms with Crippen molar-refractivity contribution in [3.8, 4) is 5.75 Å². The maximum Gasteiger partial charge on any atom is 0.137 e. The molecule has 1 unspecified atom stereocenters. The largest absolute Gasteiger partial charge is 0.491 e. The third-order valence-corrected chi connectivity index (χ3v) is 3.48. The molecule has 0 saturated heterocycles. The summed E-state index contributed by atoms with van der Waals surface area (Å²) < 4.78 is 19.6. The van der Waals surface area contributed by atoms with E-state index in [1.165, 1.54) is 6.07 Å². The second kappa shape index (κ2) is 6.37. The van der Waals surface area contributed by atoms with Gasteiger partial charge < -0.3 is 9.84 Å². The highest BCUT2D eigenvalue weighted by Gasteiger charge is 2.17. The lowest BCUT2D eigenvalue weighted by molar-refractivity contribution is 0.198. The molecular weight excluding hydrogens is 323 g/mol. The summed E-state index contributed by atoms with van der Waals surface area (Å²) in [7, 11) is 0. The average molecular weight is 339 g/mol. The summed E-state index contributed by atoms with van der Waals surface area (Å²) in [5, 5.41) is 10.4. The number of ether oxygens (including phenoxy) is 1. The molecule has 2 rings (SSSR count). The first-order valence-corrected chi connectivity index (χ1v) is 7.17. The van der Waals surface area contributed by atoms with Gasteiger partial charge in [0.2, 0.25) is 0 Å². The number of hydrogen-bond donors (Lipinski definition) is 1. The molecule has 0 heterocycles. The summed E-state index contributed by atoms with van der Waals surface area (Å²) in [5.41, 5.74) is 1.12. The van der Waals surface area contributed by atoms with Crippen LogP contribution in [0.2, 0.25) is 0 Å². The van der Waals surface area contributed by atoms with Crippen molar-refractivity contribution in [2.75, 3.05) is 0 Å². The predicted octanol–water partition coefficient (Wildman–Crippen LogP) is 4.46. The summed E-state index contributed by atoms with van der Waals surface area (Å²) in [5.74, 6) is 0.210. The number of hydrogen-bond acceptors (Lipinski definition) is 2. The van der Waals surface area contributed by atoms with Gasteiger partial charge in [-0.3, -0.25) is 0 Å². The minimum atomic E-state index is -0.924. The molecule has 0 radical (unpaired) electrons. The molecule has 0 aromatic heterocycles. The van der Waals surface area contributed by atoms with Crippen LogP contribution in [0.4, 0.5) is 4.39 Å². The monoisotopic (exact) mass is 338 g/mol. The topological polar surface area (TPSA) is 29.5 Å². The summed E-state index contributed by atoms with van der Waals surface area (Å²) in [4.78, 5) is 0. The van der Waals surface area contributed by atoms with Crippen molar-refractivity contribution in [2.24, 2.45) is 0 Å². The van der Waals surface area contributed by atoms with Gasteiger partial charge >= 0.3 is 0 Å². The Balaban J connectivity index is 2.37. The van der Waals surface area contributed by atoms with Gasteiger partial charge in [0, 0.05) is 5.56 Å². The van der Waals surface area contributed by atoms with Gasteiger partial charge in [-0.25, -0.2) is 4.39 Å². The lowest BCUT2D eigenvalue weighted by Crippen LogP contribution is -2.10. The summed E-state index contributed by atoms with van der Waals surface area (Å²) in [6, 6.07) is 11.8. The highest BCUT2D eigenvalue weighted by molar-refractivity contribution is 9.10. The van der Waals surface area contributed by atoms with Crippen LogP contribution in [0.15, 0.2) is 46.9 Å². The Morgan fingerprint density at radius 2 is 1.85 bits per heavy atom. The molecule has 0 saturated carbocycles. The quantitative estimate of drug-likeness (QED) is 0.891. The van der Waals surface area contributed by atoms with E-state index in [4.69, 9.17) is 4.74 Å². The standard InChI is InChI=1S/C16H16BrFO2/c1-10(2)20-15-6-4-3-5-12(15)16(19)11-7-8-13(17)14(18)9-11/h3-10,16,19H,1-2H3. The Labute approximate surface area is 126 Å². The van der Waals surface area contributed by atoms with Gasteiger partial charge in [-0.15, -0.1) is 0 Å². The third-order valence-electron chi connectivity index (χ3n) is 2.84. The summed E-state index contributed by atoms with van der Waals surface area (Å²) >= 11 is 3.10. The number of halogens is 2. The van der Waals surface area contributed by atoms with Crippen molar-refractivity contribution in [3.05, 3.63) is 63.9 Å². The fourth-order valence-electron chi connectivity index (χ4n) is 1.93. The molecular formula is C16H16BrFO2. The van der Waals surface area contributed by atoms with E-state index in [0.29, 0.717) is 21.3 Å². The Kier molecular flexibility index (Phi) is 4.78. The van der Waals surface area contributed by atoms with Crippen LogP contribution in [0.25, 0.3) is 0 Å². The molecule has 106 valence electrons. The molecule has 2 aromatic carbocycles. The second-order valence-corrected chi connectivity index (χ2v) is 5.63. The van der Waals surface area contributed by atoms with E-state index in [2.05, 4.69) is 15.9 Å². The van der Waals surface area contributed by atoms with Gasteiger partial charge in [0.25, 0.3) is 0 Å². The molecule has 1 atom stereocenters. The van der Waals surface area contributed by atoms with E-state index in [-0.39, 0.29) is 6.10 Å². The fraction of sp³-hybridized carbons (Fsp3) is 0.250. The highest BCUT2D eigenvalue weighted by Crippen LogP contribution is 2.31. The van der Waals surface area contributed by atoms with E-state index in [1.54, 1.807) is 24.3 Å². The van der Waals surface area contributed by atoms with Crippen molar-refractivity contribution in [3.63, 3.8) is 0 Å². The molecule has 0 bridgehead atoms. The number of benzene rings is 2. The Morgan fingerprint density at radius 1 is 1.15 bits per heavy atom. The van der Waals surface area contributed by atoms with Gasteiger partial charge in [-0.1, -0.05) is 24.3 Å². The zero-order chi connectivity index (χ0) is 14.7. The lowest BCUT2D eigenvalue weighted by Gasteiger charge is -2.18. The Bertz CT molecular complexity index is 599. The van der Waals surface area contributed by atoms with Crippen molar-refractivity contribution in [1.82, 2.24) is 0 Å². The second-order valence-electron chi connectivity index (χ2n) is 4.78. The van der Waals surface area contributed by atoms with E-state index in [1.807, 2.05) is 26.0 Å². The van der Waals surface area contributed by atoms with Crippen LogP contribution < -0.4 is 4.74 Å². The molecule has 2 aromatic rings. The molecule has 20 heavy (non-hydrogen) atoms. The normalized spacial score (nSPS) is 12.5. The van der Waals surface area contributed by atoms with Gasteiger partial charge in [0.15, 0.2) is 0 Å². The molecule has 1 N–H and O–H groups in total. The molecule has 0 aliphatic heterocycles. The van der Waals surface area contributed by atoms with E-state index >= 15 is 0 Å². The fourth-order valence-corrected chi connectivity index (χ4v) is 2.18. The molecule has 0 fully saturated rings. The molecule has 0 aliphatic carbocycles. The average Bonchev–Trinajstić information content (AvgIpc) is 2.41. The summed E-state index contributed by atoms with van der Waals surface area (Å²) in [6.45, 7) is 3.84. The van der Waals surface area contributed by atoms with Crippen molar-refractivity contribution in [1.29, 1.82) is 0 Å². The van der Waals surface area contributed by atoms with Crippen LogP contribution in [-0.4, -0.2) is 11.2 Å². The van der Waals surface area contributed by atoms with E-state index < -0.39 is 11.9 Å². The zero-order valence-corrected chi connectivity index (χ0v) is 12.9. The minimum Gasteiger partial charge on any atom is -0.491 e. The predicted molar refractivity (Wildman–Crippen MR) is 80.4 cm³/mol. The SMILES string of the molecule is CC(C)Oc1ccccc1C(O)c1ccc(Br)c(F)c1. The van der Waals surface area contributed by atoms with Crippen LogP contribution in [0.5, 0.6) is 5.75 Å². The first kappa shape index (κ1) is 15.0. The van der Waals surface area contributed by atoms with Crippen molar-refractivity contribution >= 4 is 15.9 Å². The van der Waals surface area contributed by atoms with Crippen LogP contribution in [-0.2, 0) is 0 Å². The first-order valence-electron chi connectivity index (χ1n) is 6.37. The zero-order valence-electron chi connectivity index (χ0n) is 11.3. The minimum absolute atomic E-state index is 0.00463. The van der Waals surface area contributed by atoms with Gasteiger partial charge in [-0.2, -0.15) is 0 Å². The number of rotatable bonds is 4. The molecule has 4 heteroatoms. The van der Waals surface area contributed by atoms with Crippen molar-refractivity contribution < 1.29 is 14.2 Å². The maximum atomic E-state index is 13.6. The van der Waals surface area contributed by atoms with Crippen LogP contribution >= 0.6 is 15.9 Å².